The highest BCUT2D eigenvalue weighted by atomic mass is 16.5. The van der Waals surface area contributed by atoms with Crippen LogP contribution < -0.4 is 9.47 Å². The molecule has 25 heavy (non-hydrogen) atoms. The summed E-state index contributed by atoms with van der Waals surface area (Å²) in [5, 5.41) is 0. The molecule has 0 radical (unpaired) electrons. The average molecular weight is 340 g/mol. The summed E-state index contributed by atoms with van der Waals surface area (Å²) in [6.45, 7) is 2.64. The lowest BCUT2D eigenvalue weighted by Gasteiger charge is -2.32. The Balaban J connectivity index is 1.69. The maximum absolute atomic E-state index is 12.9. The Morgan fingerprint density at radius 1 is 1.24 bits per heavy atom. The molecule has 1 fully saturated rings. The quantitative estimate of drug-likeness (QED) is 0.756. The van der Waals surface area contributed by atoms with E-state index in [9.17, 15) is 4.79 Å². The van der Waals surface area contributed by atoms with E-state index in [1.54, 1.807) is 32.5 Å². The zero-order valence-corrected chi connectivity index (χ0v) is 14.8. The number of nitrogens with zero attached hydrogens (tertiary/aromatic N) is 2. The standard InChI is InChI=1S/C20H24N2O3/c1-24-18-8-7-16(11-19(18)25-2)20(23)17-6-4-10-22(14-17)13-15-5-3-9-21-12-15/h3,5,7-9,11-12,17H,4,6,10,13-14H2,1-2H3. The molecule has 2 heterocycles. The number of Topliss-reactive ketones (excluding diaryl/α,β-unsaturated/α-hetero) is 1. The molecule has 1 aliphatic rings. The zero-order chi connectivity index (χ0) is 17.6. The van der Waals surface area contributed by atoms with Gasteiger partial charge >= 0.3 is 0 Å². The highest BCUT2D eigenvalue weighted by Crippen LogP contribution is 2.30. The lowest BCUT2D eigenvalue weighted by molar-refractivity contribution is 0.0811. The number of carbonyl (C=O) groups is 1. The molecular weight excluding hydrogens is 316 g/mol. The predicted molar refractivity (Wildman–Crippen MR) is 96.1 cm³/mol. The van der Waals surface area contributed by atoms with Crippen molar-refractivity contribution in [2.24, 2.45) is 5.92 Å². The van der Waals surface area contributed by atoms with Gasteiger partial charge in [0.15, 0.2) is 17.3 Å². The van der Waals surface area contributed by atoms with Crippen LogP contribution in [0.15, 0.2) is 42.7 Å². The Bertz CT molecular complexity index is 718. The van der Waals surface area contributed by atoms with Crippen molar-refractivity contribution in [1.82, 2.24) is 9.88 Å². The van der Waals surface area contributed by atoms with Crippen LogP contribution in [0.4, 0.5) is 0 Å². The van der Waals surface area contributed by atoms with E-state index in [4.69, 9.17) is 9.47 Å². The smallest absolute Gasteiger partial charge is 0.167 e. The van der Waals surface area contributed by atoms with Crippen molar-refractivity contribution in [3.8, 4) is 11.5 Å². The second-order valence-corrected chi connectivity index (χ2v) is 6.37. The van der Waals surface area contributed by atoms with Gasteiger partial charge in [0.2, 0.25) is 0 Å². The second-order valence-electron chi connectivity index (χ2n) is 6.37. The summed E-state index contributed by atoms with van der Waals surface area (Å²) in [5.41, 5.74) is 1.87. The lowest BCUT2D eigenvalue weighted by Crippen LogP contribution is -2.38. The number of pyridine rings is 1. The van der Waals surface area contributed by atoms with Gasteiger partial charge in [-0.2, -0.15) is 0 Å². The number of ketones is 1. The molecule has 0 aliphatic carbocycles. The van der Waals surface area contributed by atoms with Gasteiger partial charge in [-0.1, -0.05) is 6.07 Å². The van der Waals surface area contributed by atoms with E-state index in [1.807, 2.05) is 18.3 Å². The number of aromatic nitrogens is 1. The van der Waals surface area contributed by atoms with E-state index in [0.29, 0.717) is 17.1 Å². The first-order chi connectivity index (χ1) is 12.2. The first-order valence-corrected chi connectivity index (χ1v) is 8.58. The molecule has 1 saturated heterocycles. The fourth-order valence-corrected chi connectivity index (χ4v) is 3.39. The summed E-state index contributed by atoms with van der Waals surface area (Å²) >= 11 is 0. The highest BCUT2D eigenvalue weighted by molar-refractivity contribution is 5.98. The minimum atomic E-state index is 0.0172. The van der Waals surface area contributed by atoms with Gasteiger partial charge in [-0.25, -0.2) is 0 Å². The van der Waals surface area contributed by atoms with Crippen LogP contribution in [0.25, 0.3) is 0 Å². The minimum absolute atomic E-state index is 0.0172. The molecule has 0 amide bonds. The van der Waals surface area contributed by atoms with Crippen molar-refractivity contribution in [2.75, 3.05) is 27.3 Å². The Hall–Kier alpha value is -2.40. The van der Waals surface area contributed by atoms with Crippen LogP contribution >= 0.6 is 0 Å². The molecule has 1 atom stereocenters. The first-order valence-electron chi connectivity index (χ1n) is 8.58. The van der Waals surface area contributed by atoms with Crippen molar-refractivity contribution >= 4 is 5.78 Å². The highest BCUT2D eigenvalue weighted by Gasteiger charge is 2.27. The topological polar surface area (TPSA) is 51.7 Å². The molecule has 5 nitrogen and oxygen atoms in total. The van der Waals surface area contributed by atoms with Crippen LogP contribution in [-0.2, 0) is 6.54 Å². The minimum Gasteiger partial charge on any atom is -0.493 e. The van der Waals surface area contributed by atoms with Crippen molar-refractivity contribution in [3.63, 3.8) is 0 Å². The average Bonchev–Trinajstić information content (AvgIpc) is 2.68. The largest absolute Gasteiger partial charge is 0.493 e. The van der Waals surface area contributed by atoms with E-state index < -0.39 is 0 Å². The third-order valence-corrected chi connectivity index (χ3v) is 4.67. The molecular formula is C20H24N2O3. The van der Waals surface area contributed by atoms with Gasteiger partial charge in [0.1, 0.15) is 0 Å². The molecule has 0 saturated carbocycles. The lowest BCUT2D eigenvalue weighted by atomic mass is 9.89. The fraction of sp³-hybridized carbons (Fsp3) is 0.400. The van der Waals surface area contributed by atoms with Crippen LogP contribution in [0.5, 0.6) is 11.5 Å². The summed E-state index contributed by atoms with van der Waals surface area (Å²) < 4.78 is 10.6. The first kappa shape index (κ1) is 17.4. The Labute approximate surface area is 148 Å². The number of carbonyl (C=O) groups excluding carboxylic acids is 1. The van der Waals surface area contributed by atoms with Crippen molar-refractivity contribution in [3.05, 3.63) is 53.9 Å². The number of hydrogen-bond acceptors (Lipinski definition) is 5. The number of piperidine rings is 1. The summed E-state index contributed by atoms with van der Waals surface area (Å²) in [4.78, 5) is 19.4. The summed E-state index contributed by atoms with van der Waals surface area (Å²) in [6, 6.07) is 9.42. The van der Waals surface area contributed by atoms with E-state index in [-0.39, 0.29) is 11.7 Å². The molecule has 3 rings (SSSR count). The molecule has 0 N–H and O–H groups in total. The van der Waals surface area contributed by atoms with Gasteiger partial charge in [-0.15, -0.1) is 0 Å². The molecule has 1 aliphatic heterocycles. The summed E-state index contributed by atoms with van der Waals surface area (Å²) in [7, 11) is 3.18. The molecule has 0 spiro atoms. The Kier molecular flexibility index (Phi) is 5.66. The normalized spacial score (nSPS) is 17.9. The van der Waals surface area contributed by atoms with Crippen molar-refractivity contribution in [2.45, 2.75) is 19.4 Å². The maximum Gasteiger partial charge on any atom is 0.167 e. The SMILES string of the molecule is COc1ccc(C(=O)C2CCCN(Cc3cccnc3)C2)cc1OC. The zero-order valence-electron chi connectivity index (χ0n) is 14.8. The van der Waals surface area contributed by atoms with Crippen LogP contribution in [-0.4, -0.2) is 43.0 Å². The molecule has 2 aromatic rings. The van der Waals surface area contributed by atoms with Crippen molar-refractivity contribution in [1.29, 1.82) is 0 Å². The van der Waals surface area contributed by atoms with Gasteiger partial charge in [0.25, 0.3) is 0 Å². The summed E-state index contributed by atoms with van der Waals surface area (Å²) in [6.07, 6.45) is 5.63. The molecule has 1 unspecified atom stereocenters. The number of benzene rings is 1. The number of rotatable bonds is 6. The molecule has 5 heteroatoms. The fourth-order valence-electron chi connectivity index (χ4n) is 3.39. The van der Waals surface area contributed by atoms with Gasteiger partial charge in [0, 0.05) is 37.0 Å². The third kappa shape index (κ3) is 4.17. The van der Waals surface area contributed by atoms with E-state index in [1.165, 1.54) is 5.56 Å². The number of methoxy groups -OCH3 is 2. The molecule has 1 aromatic carbocycles. The van der Waals surface area contributed by atoms with Gasteiger partial charge < -0.3 is 9.47 Å². The van der Waals surface area contributed by atoms with Gasteiger partial charge in [-0.05, 0) is 49.2 Å². The molecule has 1 aromatic heterocycles. The maximum atomic E-state index is 12.9. The molecule has 132 valence electrons. The summed E-state index contributed by atoms with van der Waals surface area (Å²) in [5.74, 6) is 1.43. The van der Waals surface area contributed by atoms with Crippen LogP contribution in [0, 0.1) is 5.92 Å². The van der Waals surface area contributed by atoms with Crippen LogP contribution in [0.1, 0.15) is 28.8 Å². The van der Waals surface area contributed by atoms with E-state index in [2.05, 4.69) is 16.0 Å². The van der Waals surface area contributed by atoms with Gasteiger partial charge in [0.05, 0.1) is 14.2 Å². The van der Waals surface area contributed by atoms with Gasteiger partial charge in [-0.3, -0.25) is 14.7 Å². The van der Waals surface area contributed by atoms with Crippen LogP contribution in [0.2, 0.25) is 0 Å². The molecule has 0 bridgehead atoms. The monoisotopic (exact) mass is 340 g/mol. The third-order valence-electron chi connectivity index (χ3n) is 4.67. The number of hydrogen-bond donors (Lipinski definition) is 0. The van der Waals surface area contributed by atoms with E-state index in [0.717, 1.165) is 32.5 Å². The Morgan fingerprint density at radius 3 is 2.80 bits per heavy atom. The number of ether oxygens (including phenoxy) is 2. The second kappa shape index (κ2) is 8.12. The van der Waals surface area contributed by atoms with E-state index >= 15 is 0 Å². The Morgan fingerprint density at radius 2 is 2.08 bits per heavy atom. The van der Waals surface area contributed by atoms with Crippen LogP contribution in [0.3, 0.4) is 0 Å². The number of likely N-dealkylation sites (tertiary alicyclic amines) is 1. The van der Waals surface area contributed by atoms with Crippen molar-refractivity contribution < 1.29 is 14.3 Å². The predicted octanol–water partition coefficient (Wildman–Crippen LogP) is 3.19.